The van der Waals surface area contributed by atoms with Crippen molar-refractivity contribution in [2.75, 3.05) is 20.1 Å². The minimum absolute atomic E-state index is 0.0968. The second-order valence-corrected chi connectivity index (χ2v) is 6.14. The molecule has 1 saturated heterocycles. The smallest absolute Gasteiger partial charge is 0.227 e. The number of fused-ring (bicyclic) bond motifs is 1. The fourth-order valence-corrected chi connectivity index (χ4v) is 3.25. The van der Waals surface area contributed by atoms with Gasteiger partial charge in [-0.15, -0.1) is 11.3 Å². The predicted molar refractivity (Wildman–Crippen MR) is 76.5 cm³/mol. The van der Waals surface area contributed by atoms with Gasteiger partial charge in [0.05, 0.1) is 24.3 Å². The van der Waals surface area contributed by atoms with Crippen LogP contribution in [0.3, 0.4) is 0 Å². The van der Waals surface area contributed by atoms with E-state index in [2.05, 4.69) is 15.2 Å². The lowest BCUT2D eigenvalue weighted by Crippen LogP contribution is -2.48. The molecule has 6 nitrogen and oxygen atoms in total. The lowest BCUT2D eigenvalue weighted by molar-refractivity contribution is -0.131. The summed E-state index contributed by atoms with van der Waals surface area (Å²) in [6.45, 7) is 1.84. The van der Waals surface area contributed by atoms with Crippen molar-refractivity contribution in [3.63, 3.8) is 0 Å². The van der Waals surface area contributed by atoms with Gasteiger partial charge in [0.15, 0.2) is 4.96 Å². The molecule has 1 amide bonds. The van der Waals surface area contributed by atoms with E-state index in [0.29, 0.717) is 19.5 Å². The fourth-order valence-electron chi connectivity index (χ4n) is 2.53. The second-order valence-electron chi connectivity index (χ2n) is 5.27. The number of carbonyl (C=O) groups is 1. The van der Waals surface area contributed by atoms with Crippen LogP contribution in [0.4, 0.5) is 0 Å². The van der Waals surface area contributed by atoms with Gasteiger partial charge in [0, 0.05) is 30.9 Å². The minimum atomic E-state index is -0.545. The van der Waals surface area contributed by atoms with Crippen molar-refractivity contribution < 1.29 is 9.90 Å². The number of aliphatic hydroxyl groups is 1. The molecule has 2 aromatic rings. The maximum absolute atomic E-state index is 12.2. The third-order valence-corrected chi connectivity index (χ3v) is 4.47. The number of nitrogens with one attached hydrogen (secondary N) is 1. The molecule has 2 N–H and O–H groups in total. The van der Waals surface area contributed by atoms with Gasteiger partial charge in [-0.05, 0) is 13.5 Å². The Hall–Kier alpha value is -1.44. The Morgan fingerprint density at radius 3 is 3.30 bits per heavy atom. The van der Waals surface area contributed by atoms with Crippen LogP contribution >= 0.6 is 11.3 Å². The standard InChI is InChI=1S/C13H18N4O2S/c1-16-3-2-11(18)10(8-16)12(19)14-6-9-7-17-4-5-20-13(17)15-9/h4-5,7,10-11,18H,2-3,6,8H2,1H3,(H,14,19)/t10-,11-/m1/s1. The van der Waals surface area contributed by atoms with E-state index in [0.717, 1.165) is 17.2 Å². The molecule has 1 aliphatic heterocycles. The van der Waals surface area contributed by atoms with Gasteiger partial charge in [-0.1, -0.05) is 0 Å². The zero-order valence-electron chi connectivity index (χ0n) is 11.3. The normalized spacial score (nSPS) is 24.1. The Morgan fingerprint density at radius 1 is 1.65 bits per heavy atom. The summed E-state index contributed by atoms with van der Waals surface area (Å²) in [6, 6.07) is 0. The predicted octanol–water partition coefficient (Wildman–Crippen LogP) is 0.325. The summed E-state index contributed by atoms with van der Waals surface area (Å²) in [5.41, 5.74) is 0.837. The van der Waals surface area contributed by atoms with Crippen molar-refractivity contribution in [1.82, 2.24) is 19.6 Å². The van der Waals surface area contributed by atoms with E-state index in [1.165, 1.54) is 0 Å². The van der Waals surface area contributed by atoms with E-state index >= 15 is 0 Å². The molecule has 0 aliphatic carbocycles. The van der Waals surface area contributed by atoms with Gasteiger partial charge in [0.1, 0.15) is 0 Å². The zero-order valence-corrected chi connectivity index (χ0v) is 12.1. The molecule has 7 heteroatoms. The van der Waals surface area contributed by atoms with Crippen molar-refractivity contribution in [3.05, 3.63) is 23.5 Å². The van der Waals surface area contributed by atoms with Gasteiger partial charge in [-0.2, -0.15) is 0 Å². The summed E-state index contributed by atoms with van der Waals surface area (Å²) in [5.74, 6) is -0.446. The van der Waals surface area contributed by atoms with E-state index < -0.39 is 6.10 Å². The largest absolute Gasteiger partial charge is 0.392 e. The number of rotatable bonds is 3. The lowest BCUT2D eigenvalue weighted by atomic mass is 9.94. The molecule has 0 bridgehead atoms. The van der Waals surface area contributed by atoms with Gasteiger partial charge >= 0.3 is 0 Å². The van der Waals surface area contributed by atoms with E-state index in [1.807, 2.05) is 29.2 Å². The molecule has 3 rings (SSSR count). The number of imidazole rings is 1. The van der Waals surface area contributed by atoms with Crippen molar-refractivity contribution in [1.29, 1.82) is 0 Å². The van der Waals surface area contributed by atoms with Crippen LogP contribution in [0.25, 0.3) is 4.96 Å². The van der Waals surface area contributed by atoms with Crippen molar-refractivity contribution in [3.8, 4) is 0 Å². The molecule has 0 aromatic carbocycles. The SMILES string of the molecule is CN1CC[C@@H](O)[C@H](C(=O)NCc2cn3ccsc3n2)C1. The van der Waals surface area contributed by atoms with Gasteiger partial charge in [0.25, 0.3) is 0 Å². The third kappa shape index (κ3) is 2.70. The van der Waals surface area contributed by atoms with E-state index in [1.54, 1.807) is 11.3 Å². The maximum Gasteiger partial charge on any atom is 0.227 e. The average Bonchev–Trinajstić information content (AvgIpc) is 2.99. The van der Waals surface area contributed by atoms with E-state index in [4.69, 9.17) is 0 Å². The molecule has 1 fully saturated rings. The highest BCUT2D eigenvalue weighted by Crippen LogP contribution is 2.16. The first-order valence-electron chi connectivity index (χ1n) is 6.69. The highest BCUT2D eigenvalue weighted by atomic mass is 32.1. The first-order valence-corrected chi connectivity index (χ1v) is 7.57. The molecule has 0 unspecified atom stereocenters. The minimum Gasteiger partial charge on any atom is -0.392 e. The number of amides is 1. The molecular weight excluding hydrogens is 276 g/mol. The topological polar surface area (TPSA) is 69.9 Å². The number of carbonyl (C=O) groups excluding carboxylic acids is 1. The highest BCUT2D eigenvalue weighted by molar-refractivity contribution is 7.15. The second kappa shape index (κ2) is 5.51. The number of aromatic nitrogens is 2. The number of thiazole rings is 1. The zero-order chi connectivity index (χ0) is 14.1. The van der Waals surface area contributed by atoms with Crippen LogP contribution in [-0.2, 0) is 11.3 Å². The molecule has 108 valence electrons. The van der Waals surface area contributed by atoms with Crippen LogP contribution < -0.4 is 5.32 Å². The summed E-state index contributed by atoms with van der Waals surface area (Å²) >= 11 is 1.56. The molecule has 0 saturated carbocycles. The van der Waals surface area contributed by atoms with Crippen molar-refractivity contribution >= 4 is 22.2 Å². The van der Waals surface area contributed by atoms with Crippen LogP contribution in [0.15, 0.2) is 17.8 Å². The Kier molecular flexibility index (Phi) is 3.73. The van der Waals surface area contributed by atoms with Crippen LogP contribution in [0.5, 0.6) is 0 Å². The first-order chi connectivity index (χ1) is 9.63. The molecular formula is C13H18N4O2S. The molecule has 2 atom stereocenters. The molecule has 0 radical (unpaired) electrons. The summed E-state index contributed by atoms with van der Waals surface area (Å²) in [6.07, 6.45) is 3.96. The summed E-state index contributed by atoms with van der Waals surface area (Å²) in [7, 11) is 1.97. The summed E-state index contributed by atoms with van der Waals surface area (Å²) in [4.78, 5) is 19.6. The summed E-state index contributed by atoms with van der Waals surface area (Å²) in [5, 5.41) is 14.8. The molecule has 1 aliphatic rings. The first kappa shape index (κ1) is 13.5. The van der Waals surface area contributed by atoms with Crippen LogP contribution in [-0.4, -0.2) is 51.5 Å². The van der Waals surface area contributed by atoms with E-state index in [9.17, 15) is 9.90 Å². The van der Waals surface area contributed by atoms with Gasteiger partial charge in [-0.25, -0.2) is 4.98 Å². The molecule has 0 spiro atoms. The number of nitrogens with zero attached hydrogens (tertiary/aromatic N) is 3. The highest BCUT2D eigenvalue weighted by Gasteiger charge is 2.31. The number of likely N-dealkylation sites (tertiary alicyclic amines) is 1. The quantitative estimate of drug-likeness (QED) is 0.855. The fraction of sp³-hybridized carbons (Fsp3) is 0.538. The molecule has 20 heavy (non-hydrogen) atoms. The van der Waals surface area contributed by atoms with Crippen LogP contribution in [0, 0.1) is 5.92 Å². The van der Waals surface area contributed by atoms with Crippen molar-refractivity contribution in [2.45, 2.75) is 19.1 Å². The van der Waals surface area contributed by atoms with Crippen LogP contribution in [0.2, 0.25) is 0 Å². The summed E-state index contributed by atoms with van der Waals surface area (Å²) < 4.78 is 1.94. The number of piperidine rings is 1. The average molecular weight is 294 g/mol. The molecule has 2 aromatic heterocycles. The monoisotopic (exact) mass is 294 g/mol. The van der Waals surface area contributed by atoms with Crippen molar-refractivity contribution in [2.24, 2.45) is 5.92 Å². The van der Waals surface area contributed by atoms with Crippen LogP contribution in [0.1, 0.15) is 12.1 Å². The van der Waals surface area contributed by atoms with E-state index in [-0.39, 0.29) is 11.8 Å². The lowest BCUT2D eigenvalue weighted by Gasteiger charge is -2.32. The van der Waals surface area contributed by atoms with Gasteiger partial charge < -0.3 is 15.3 Å². The number of aliphatic hydroxyl groups excluding tert-OH is 1. The van der Waals surface area contributed by atoms with Gasteiger partial charge in [0.2, 0.25) is 5.91 Å². The molecule has 3 heterocycles. The third-order valence-electron chi connectivity index (χ3n) is 3.70. The van der Waals surface area contributed by atoms with Gasteiger partial charge in [-0.3, -0.25) is 9.20 Å². The maximum atomic E-state index is 12.2. The Labute approximate surface area is 121 Å². The Balaban J connectivity index is 1.59. The number of hydrogen-bond donors (Lipinski definition) is 2. The Bertz CT molecular complexity index is 580. The number of hydrogen-bond acceptors (Lipinski definition) is 5. The Morgan fingerprint density at radius 2 is 2.50 bits per heavy atom.